The quantitative estimate of drug-likeness (QED) is 0.346. The first-order valence-corrected chi connectivity index (χ1v) is 16.7. The molecule has 1 aliphatic carbocycles. The molecule has 0 N–H and O–H groups in total. The lowest BCUT2D eigenvalue weighted by Gasteiger charge is -2.47. The first-order valence-electron chi connectivity index (χ1n) is 14.1. The summed E-state index contributed by atoms with van der Waals surface area (Å²) < 4.78 is 12.8. The number of rotatable bonds is 8. The second-order valence-corrected chi connectivity index (χ2v) is 18.3. The van der Waals surface area contributed by atoms with Gasteiger partial charge in [-0.05, 0) is 76.1 Å². The van der Waals surface area contributed by atoms with Crippen molar-refractivity contribution in [2.75, 3.05) is 30.4 Å². The summed E-state index contributed by atoms with van der Waals surface area (Å²) in [5.74, 6) is 1.91. The maximum absolute atomic E-state index is 13.8. The van der Waals surface area contributed by atoms with E-state index in [1.807, 2.05) is 31.9 Å². The largest absolute Gasteiger partial charge is 0.443 e. The van der Waals surface area contributed by atoms with Crippen molar-refractivity contribution in [1.82, 2.24) is 14.9 Å². The summed E-state index contributed by atoms with van der Waals surface area (Å²) in [5.41, 5.74) is 0.852. The van der Waals surface area contributed by atoms with Crippen LogP contribution >= 0.6 is 10.0 Å². The molecule has 0 unspecified atom stereocenters. The highest BCUT2D eigenvalue weighted by atomic mass is 32.3. The van der Waals surface area contributed by atoms with Gasteiger partial charge in [-0.3, -0.25) is 9.88 Å². The molecule has 1 saturated carbocycles. The highest BCUT2D eigenvalue weighted by Gasteiger charge is 2.41. The number of nitrogens with zero attached hydrogens (tertiary/aromatic N) is 4. The molecule has 0 saturated heterocycles. The Morgan fingerprint density at radius 3 is 2.34 bits per heavy atom. The summed E-state index contributed by atoms with van der Waals surface area (Å²) in [6, 6.07) is 0.344. The summed E-state index contributed by atoms with van der Waals surface area (Å²) >= 11 is 0. The standard InChI is InChI=1S/C30H52N4O3S/c1-21(2)17-25-26(36-20-38(10,11)30(6,7)8)16-15-24(34(25)28(35)37-29(3,4)5)23-18-31-19-27(32-23)33(9)22-13-12-14-22/h15,18-19,21-22,25-26H,12-14,16-17,20H2,1-11H3/t25-,26+/m1/s1. The first kappa shape index (κ1) is 30.7. The third-order valence-corrected chi connectivity index (χ3v) is 12.0. The van der Waals surface area contributed by atoms with Gasteiger partial charge in [-0.15, -0.1) is 0 Å². The molecule has 0 spiro atoms. The van der Waals surface area contributed by atoms with Crippen LogP contribution in [0.2, 0.25) is 0 Å². The molecule has 1 amide bonds. The Kier molecular flexibility index (Phi) is 9.50. The fraction of sp³-hybridized carbons (Fsp3) is 0.767. The van der Waals surface area contributed by atoms with E-state index in [2.05, 4.69) is 70.1 Å². The Hall–Kier alpha value is -1.80. The van der Waals surface area contributed by atoms with E-state index in [9.17, 15) is 4.79 Å². The number of hydrogen-bond donors (Lipinski definition) is 0. The van der Waals surface area contributed by atoms with E-state index in [0.29, 0.717) is 23.6 Å². The van der Waals surface area contributed by atoms with Crippen LogP contribution in [-0.2, 0) is 9.47 Å². The van der Waals surface area contributed by atoms with Crippen molar-refractivity contribution < 1.29 is 14.3 Å². The lowest BCUT2D eigenvalue weighted by atomic mass is 9.91. The van der Waals surface area contributed by atoms with Gasteiger partial charge in [0.05, 0.1) is 36.2 Å². The molecule has 0 aromatic carbocycles. The topological polar surface area (TPSA) is 67.8 Å². The van der Waals surface area contributed by atoms with Crippen molar-refractivity contribution >= 4 is 27.6 Å². The SMILES string of the molecule is CC(C)C[C@@H]1[C@@H](OCS(C)(C)C(C)(C)C)CC=C(c2cncc(N(C)C3CCC3)n2)N1C(=O)OC(C)(C)C. The lowest BCUT2D eigenvalue weighted by Crippen LogP contribution is -2.51. The molecule has 1 aliphatic heterocycles. The van der Waals surface area contributed by atoms with Crippen molar-refractivity contribution in [1.29, 1.82) is 0 Å². The smallest absolute Gasteiger partial charge is 0.415 e. The normalized spacial score (nSPS) is 21.7. The molecular weight excluding hydrogens is 496 g/mol. The van der Waals surface area contributed by atoms with Crippen LogP contribution in [0.1, 0.15) is 93.2 Å². The predicted octanol–water partition coefficient (Wildman–Crippen LogP) is 7.07. The van der Waals surface area contributed by atoms with Crippen LogP contribution < -0.4 is 4.90 Å². The summed E-state index contributed by atoms with van der Waals surface area (Å²) in [6.45, 7) is 17.0. The summed E-state index contributed by atoms with van der Waals surface area (Å²) in [6.07, 6.45) is 15.0. The highest BCUT2D eigenvalue weighted by molar-refractivity contribution is 8.33. The van der Waals surface area contributed by atoms with Crippen molar-refractivity contribution in [2.24, 2.45) is 5.92 Å². The van der Waals surface area contributed by atoms with Crippen LogP contribution in [-0.4, -0.2) is 75.0 Å². The molecule has 38 heavy (non-hydrogen) atoms. The molecule has 2 atom stereocenters. The van der Waals surface area contributed by atoms with Crippen LogP contribution in [0.5, 0.6) is 0 Å². The number of anilines is 1. The van der Waals surface area contributed by atoms with E-state index in [-0.39, 0.29) is 23.0 Å². The summed E-state index contributed by atoms with van der Waals surface area (Å²) in [5, 5.41) is 0. The van der Waals surface area contributed by atoms with Crippen LogP contribution in [0.4, 0.5) is 10.6 Å². The Morgan fingerprint density at radius 1 is 1.16 bits per heavy atom. The molecule has 1 aromatic heterocycles. The van der Waals surface area contributed by atoms with E-state index >= 15 is 0 Å². The number of hydrogen-bond acceptors (Lipinski definition) is 6. The fourth-order valence-electron chi connectivity index (χ4n) is 4.56. The van der Waals surface area contributed by atoms with Gasteiger partial charge in [0.2, 0.25) is 0 Å². The molecule has 0 radical (unpaired) electrons. The number of amides is 1. The van der Waals surface area contributed by atoms with E-state index in [1.165, 1.54) is 19.3 Å². The number of carbonyl (C=O) groups excluding carboxylic acids is 1. The third-order valence-electron chi connectivity index (χ3n) is 7.97. The predicted molar refractivity (Wildman–Crippen MR) is 161 cm³/mol. The third kappa shape index (κ3) is 7.44. The van der Waals surface area contributed by atoms with Crippen LogP contribution in [0.25, 0.3) is 5.70 Å². The van der Waals surface area contributed by atoms with Gasteiger partial charge in [-0.1, -0.05) is 40.7 Å². The highest BCUT2D eigenvalue weighted by Crippen LogP contribution is 2.53. The molecule has 216 valence electrons. The number of aromatic nitrogens is 2. The molecule has 1 aromatic rings. The molecule has 3 rings (SSSR count). The molecule has 0 bridgehead atoms. The maximum Gasteiger partial charge on any atom is 0.415 e. The zero-order valence-corrected chi connectivity index (χ0v) is 26.5. The average Bonchev–Trinajstić information content (AvgIpc) is 2.74. The van der Waals surface area contributed by atoms with E-state index in [0.717, 1.165) is 24.4 Å². The van der Waals surface area contributed by atoms with Gasteiger partial charge in [-0.25, -0.2) is 19.8 Å². The monoisotopic (exact) mass is 548 g/mol. The minimum Gasteiger partial charge on any atom is -0.443 e. The lowest BCUT2D eigenvalue weighted by molar-refractivity contribution is -0.0120. The molecule has 1 fully saturated rings. The Labute approximate surface area is 233 Å². The van der Waals surface area contributed by atoms with E-state index in [1.54, 1.807) is 6.20 Å². The molecule has 2 heterocycles. The van der Waals surface area contributed by atoms with Crippen molar-refractivity contribution in [3.05, 3.63) is 24.2 Å². The minimum atomic E-state index is -1.01. The molecule has 2 aliphatic rings. The van der Waals surface area contributed by atoms with Gasteiger partial charge in [0.1, 0.15) is 17.1 Å². The maximum atomic E-state index is 13.8. The van der Waals surface area contributed by atoms with Crippen molar-refractivity contribution in [3.8, 4) is 0 Å². The van der Waals surface area contributed by atoms with Crippen molar-refractivity contribution in [2.45, 2.75) is 116 Å². The van der Waals surface area contributed by atoms with Gasteiger partial charge in [-0.2, -0.15) is 0 Å². The molecule has 8 heteroatoms. The van der Waals surface area contributed by atoms with E-state index in [4.69, 9.17) is 14.5 Å². The van der Waals surface area contributed by atoms with Gasteiger partial charge >= 0.3 is 6.09 Å². The molecular formula is C30H52N4O3S. The second kappa shape index (κ2) is 11.7. The average molecular weight is 549 g/mol. The second-order valence-electron chi connectivity index (χ2n) is 13.8. The number of ether oxygens (including phenoxy) is 2. The summed E-state index contributed by atoms with van der Waals surface area (Å²) in [7, 11) is 1.08. The van der Waals surface area contributed by atoms with Crippen molar-refractivity contribution in [3.63, 3.8) is 0 Å². The van der Waals surface area contributed by atoms with E-state index < -0.39 is 15.6 Å². The van der Waals surface area contributed by atoms with Crippen LogP contribution in [0, 0.1) is 5.92 Å². The van der Waals surface area contributed by atoms with Gasteiger partial charge in [0.25, 0.3) is 0 Å². The summed E-state index contributed by atoms with van der Waals surface area (Å²) in [4.78, 5) is 27.4. The van der Waals surface area contributed by atoms with Gasteiger partial charge in [0, 0.05) is 13.1 Å². The Bertz CT molecular complexity index is 992. The minimum absolute atomic E-state index is 0.114. The zero-order valence-electron chi connectivity index (χ0n) is 25.7. The van der Waals surface area contributed by atoms with Gasteiger partial charge in [0.15, 0.2) is 0 Å². The first-order chi connectivity index (χ1) is 17.5. The zero-order chi connectivity index (χ0) is 28.5. The number of carbonyl (C=O) groups is 1. The van der Waals surface area contributed by atoms with Gasteiger partial charge < -0.3 is 14.4 Å². The van der Waals surface area contributed by atoms with Crippen LogP contribution in [0.3, 0.4) is 0 Å². The Balaban J connectivity index is 2.00. The fourth-order valence-corrected chi connectivity index (χ4v) is 5.43. The van der Waals surface area contributed by atoms with Crippen LogP contribution in [0.15, 0.2) is 18.5 Å². The molecule has 7 nitrogen and oxygen atoms in total. The Morgan fingerprint density at radius 2 is 1.82 bits per heavy atom.